The molecule has 2 aromatic carbocycles. The average Bonchev–Trinajstić information content (AvgIpc) is 2.66. The van der Waals surface area contributed by atoms with Crippen LogP contribution >= 0.6 is 11.6 Å². The SMILES string of the molecule is Nc1nc(COC(=O)COc2cccc(Cl)c2)nc(Nc2ccc(F)cc2)n1. The summed E-state index contributed by atoms with van der Waals surface area (Å²) >= 11 is 5.84. The number of hydrogen-bond donors (Lipinski definition) is 2. The lowest BCUT2D eigenvalue weighted by Gasteiger charge is -2.09. The van der Waals surface area contributed by atoms with Crippen LogP contribution in [0.25, 0.3) is 0 Å². The van der Waals surface area contributed by atoms with Gasteiger partial charge in [0, 0.05) is 10.7 Å². The molecule has 3 rings (SSSR count). The molecule has 0 radical (unpaired) electrons. The van der Waals surface area contributed by atoms with Crippen LogP contribution in [0.4, 0.5) is 22.0 Å². The number of esters is 1. The Balaban J connectivity index is 1.55. The molecule has 0 unspecified atom stereocenters. The van der Waals surface area contributed by atoms with Crippen molar-refractivity contribution in [3.05, 3.63) is 65.2 Å². The highest BCUT2D eigenvalue weighted by molar-refractivity contribution is 6.30. The first-order valence-electron chi connectivity index (χ1n) is 8.05. The molecule has 0 saturated heterocycles. The molecule has 0 fully saturated rings. The van der Waals surface area contributed by atoms with Gasteiger partial charge in [0.2, 0.25) is 11.9 Å². The molecule has 1 aromatic heterocycles. The lowest BCUT2D eigenvalue weighted by Crippen LogP contribution is -2.16. The van der Waals surface area contributed by atoms with E-state index in [9.17, 15) is 9.18 Å². The number of nitrogens with two attached hydrogens (primary N) is 1. The van der Waals surface area contributed by atoms with Gasteiger partial charge in [-0.2, -0.15) is 15.0 Å². The van der Waals surface area contributed by atoms with Gasteiger partial charge in [0.25, 0.3) is 0 Å². The minimum Gasteiger partial charge on any atom is -0.482 e. The third-order valence-electron chi connectivity index (χ3n) is 3.31. The first-order chi connectivity index (χ1) is 13.5. The monoisotopic (exact) mass is 403 g/mol. The number of nitrogens with zero attached hydrogens (tertiary/aromatic N) is 3. The van der Waals surface area contributed by atoms with E-state index >= 15 is 0 Å². The summed E-state index contributed by atoms with van der Waals surface area (Å²) in [6.45, 7) is -0.524. The van der Waals surface area contributed by atoms with Gasteiger partial charge in [-0.3, -0.25) is 0 Å². The highest BCUT2D eigenvalue weighted by Crippen LogP contribution is 2.17. The molecule has 0 amide bonds. The van der Waals surface area contributed by atoms with Gasteiger partial charge in [0.15, 0.2) is 19.0 Å². The van der Waals surface area contributed by atoms with E-state index in [0.717, 1.165) is 0 Å². The molecule has 144 valence electrons. The molecule has 10 heteroatoms. The second-order valence-electron chi connectivity index (χ2n) is 5.47. The third kappa shape index (κ3) is 5.78. The highest BCUT2D eigenvalue weighted by Gasteiger charge is 2.10. The maximum atomic E-state index is 13.0. The van der Waals surface area contributed by atoms with E-state index in [4.69, 9.17) is 26.8 Å². The first-order valence-corrected chi connectivity index (χ1v) is 8.43. The summed E-state index contributed by atoms with van der Waals surface area (Å²) in [5.74, 6) is -0.311. The number of hydrogen-bond acceptors (Lipinski definition) is 8. The van der Waals surface area contributed by atoms with Crippen molar-refractivity contribution in [1.82, 2.24) is 15.0 Å². The van der Waals surface area contributed by atoms with E-state index in [-0.39, 0.29) is 36.8 Å². The molecule has 0 aliphatic carbocycles. The van der Waals surface area contributed by atoms with Crippen molar-refractivity contribution in [3.8, 4) is 5.75 Å². The summed E-state index contributed by atoms with van der Waals surface area (Å²) in [5.41, 5.74) is 6.21. The van der Waals surface area contributed by atoms with E-state index in [1.165, 1.54) is 24.3 Å². The standard InChI is InChI=1S/C18H15ClFN5O3/c19-11-2-1-3-14(8-11)27-10-16(26)28-9-15-23-17(21)25-18(24-15)22-13-6-4-12(20)5-7-13/h1-8H,9-10H2,(H3,21,22,23,24,25). The fraction of sp³-hybridized carbons (Fsp3) is 0.111. The molecule has 3 N–H and O–H groups in total. The molecular weight excluding hydrogens is 389 g/mol. The van der Waals surface area contributed by atoms with Crippen molar-refractivity contribution in [2.45, 2.75) is 6.61 Å². The van der Waals surface area contributed by atoms with Gasteiger partial charge in [-0.25, -0.2) is 9.18 Å². The van der Waals surface area contributed by atoms with Crippen LogP contribution < -0.4 is 15.8 Å². The van der Waals surface area contributed by atoms with Crippen LogP contribution in [0.3, 0.4) is 0 Å². The zero-order valence-corrected chi connectivity index (χ0v) is 15.2. The molecule has 0 aliphatic rings. The summed E-state index contributed by atoms with van der Waals surface area (Å²) < 4.78 is 23.3. The van der Waals surface area contributed by atoms with Crippen LogP contribution in [0.2, 0.25) is 5.02 Å². The van der Waals surface area contributed by atoms with E-state index < -0.39 is 5.97 Å². The topological polar surface area (TPSA) is 112 Å². The molecule has 0 aliphatic heterocycles. The van der Waals surface area contributed by atoms with Crippen molar-refractivity contribution < 1.29 is 18.7 Å². The Hall–Kier alpha value is -3.46. The van der Waals surface area contributed by atoms with Crippen molar-refractivity contribution in [3.63, 3.8) is 0 Å². The minimum absolute atomic E-state index is 0.0548. The second-order valence-corrected chi connectivity index (χ2v) is 5.91. The number of anilines is 3. The van der Waals surface area contributed by atoms with E-state index in [1.807, 2.05) is 0 Å². The normalized spacial score (nSPS) is 10.4. The molecule has 3 aromatic rings. The molecule has 0 spiro atoms. The highest BCUT2D eigenvalue weighted by atomic mass is 35.5. The average molecular weight is 404 g/mol. The number of carbonyl (C=O) groups is 1. The second kappa shape index (κ2) is 8.96. The molecule has 0 bridgehead atoms. The van der Waals surface area contributed by atoms with Gasteiger partial charge in [0.1, 0.15) is 11.6 Å². The Labute approximate surface area is 164 Å². The van der Waals surface area contributed by atoms with Crippen LogP contribution in [-0.4, -0.2) is 27.5 Å². The van der Waals surface area contributed by atoms with Gasteiger partial charge < -0.3 is 20.5 Å². The third-order valence-corrected chi connectivity index (χ3v) is 3.55. The number of benzene rings is 2. The van der Waals surface area contributed by atoms with Gasteiger partial charge in [-0.05, 0) is 42.5 Å². The summed E-state index contributed by atoms with van der Waals surface area (Å²) in [4.78, 5) is 23.8. The number of ether oxygens (including phenoxy) is 2. The fourth-order valence-corrected chi connectivity index (χ4v) is 2.29. The number of aromatic nitrogens is 3. The minimum atomic E-state index is -0.619. The molecule has 0 saturated carbocycles. The Morgan fingerprint density at radius 3 is 2.68 bits per heavy atom. The number of halogens is 2. The van der Waals surface area contributed by atoms with Crippen LogP contribution in [-0.2, 0) is 16.1 Å². The fourth-order valence-electron chi connectivity index (χ4n) is 2.11. The lowest BCUT2D eigenvalue weighted by atomic mass is 10.3. The summed E-state index contributed by atoms with van der Waals surface area (Å²) in [6.07, 6.45) is 0. The largest absolute Gasteiger partial charge is 0.482 e. The molecule has 1 heterocycles. The Morgan fingerprint density at radius 1 is 1.14 bits per heavy atom. The van der Waals surface area contributed by atoms with Crippen LogP contribution in [0.1, 0.15) is 5.82 Å². The zero-order chi connectivity index (χ0) is 19.9. The van der Waals surface area contributed by atoms with E-state index in [2.05, 4.69) is 20.3 Å². The number of carbonyl (C=O) groups excluding carboxylic acids is 1. The van der Waals surface area contributed by atoms with Crippen molar-refractivity contribution in [1.29, 1.82) is 0 Å². The van der Waals surface area contributed by atoms with E-state index in [1.54, 1.807) is 24.3 Å². The zero-order valence-electron chi connectivity index (χ0n) is 14.4. The maximum absolute atomic E-state index is 13.0. The summed E-state index contributed by atoms with van der Waals surface area (Å²) in [7, 11) is 0. The van der Waals surface area contributed by atoms with Crippen LogP contribution in [0.15, 0.2) is 48.5 Å². The molecule has 8 nitrogen and oxygen atoms in total. The van der Waals surface area contributed by atoms with Gasteiger partial charge in [0.05, 0.1) is 0 Å². The van der Waals surface area contributed by atoms with Gasteiger partial charge >= 0.3 is 5.97 Å². The van der Waals surface area contributed by atoms with Gasteiger partial charge in [-0.15, -0.1) is 0 Å². The maximum Gasteiger partial charge on any atom is 0.344 e. The van der Waals surface area contributed by atoms with E-state index in [0.29, 0.717) is 16.5 Å². The smallest absolute Gasteiger partial charge is 0.344 e. The molecule has 28 heavy (non-hydrogen) atoms. The Kier molecular flexibility index (Phi) is 6.18. The summed E-state index contributed by atoms with van der Waals surface area (Å²) in [5, 5.41) is 3.36. The van der Waals surface area contributed by atoms with Gasteiger partial charge in [-0.1, -0.05) is 17.7 Å². The van der Waals surface area contributed by atoms with Crippen LogP contribution in [0.5, 0.6) is 5.75 Å². The lowest BCUT2D eigenvalue weighted by molar-refractivity contribution is -0.147. The molecular formula is C18H15ClFN5O3. The van der Waals surface area contributed by atoms with Crippen molar-refractivity contribution in [2.24, 2.45) is 0 Å². The Morgan fingerprint density at radius 2 is 1.93 bits per heavy atom. The molecule has 0 atom stereocenters. The quantitative estimate of drug-likeness (QED) is 0.578. The number of nitrogen functional groups attached to an aromatic ring is 1. The number of nitrogens with one attached hydrogen (secondary N) is 1. The first kappa shape index (κ1) is 19.3. The van der Waals surface area contributed by atoms with Crippen LogP contribution in [0, 0.1) is 5.82 Å². The van der Waals surface area contributed by atoms with Crippen molar-refractivity contribution in [2.75, 3.05) is 17.7 Å². The predicted molar refractivity (Wildman–Crippen MR) is 101 cm³/mol. The predicted octanol–water partition coefficient (Wildman–Crippen LogP) is 3.11. The summed E-state index contributed by atoms with van der Waals surface area (Å²) in [6, 6.07) is 12.2. The number of rotatable bonds is 7. The Bertz CT molecular complexity index is 972. The van der Waals surface area contributed by atoms with Crippen molar-refractivity contribution >= 4 is 35.2 Å².